The molecule has 1 aromatic carbocycles. The van der Waals surface area contributed by atoms with Crippen LogP contribution in [0.2, 0.25) is 0 Å². The molecule has 1 aliphatic rings. The van der Waals surface area contributed by atoms with E-state index in [0.29, 0.717) is 29.3 Å². The molecule has 31 heavy (non-hydrogen) atoms. The molecule has 0 atom stereocenters. The normalized spacial score (nSPS) is 14.1. The van der Waals surface area contributed by atoms with Gasteiger partial charge in [0, 0.05) is 51.2 Å². The molecule has 160 valence electrons. The molecule has 0 spiro atoms. The number of morpholine rings is 1. The molecule has 7 nitrogen and oxygen atoms in total. The highest BCUT2D eigenvalue weighted by Crippen LogP contribution is 2.18. The van der Waals surface area contributed by atoms with Crippen LogP contribution in [0.15, 0.2) is 42.6 Å². The van der Waals surface area contributed by atoms with E-state index < -0.39 is 0 Å². The topological polar surface area (TPSA) is 63.6 Å². The Morgan fingerprint density at radius 1 is 1.06 bits per heavy atom. The van der Waals surface area contributed by atoms with E-state index in [0.717, 1.165) is 50.5 Å². The van der Waals surface area contributed by atoms with Crippen molar-refractivity contribution in [1.29, 1.82) is 0 Å². The Labute approximate surface area is 183 Å². The molecule has 3 aromatic rings. The third-order valence-corrected chi connectivity index (χ3v) is 5.08. The quantitative estimate of drug-likeness (QED) is 0.451. The van der Waals surface area contributed by atoms with Crippen molar-refractivity contribution in [2.24, 2.45) is 0 Å². The van der Waals surface area contributed by atoms with Crippen LogP contribution < -0.4 is 9.64 Å². The number of pyridine rings is 1. The first kappa shape index (κ1) is 21.0. The van der Waals surface area contributed by atoms with Gasteiger partial charge in [0.2, 0.25) is 5.88 Å². The van der Waals surface area contributed by atoms with Crippen molar-refractivity contribution < 1.29 is 9.47 Å². The van der Waals surface area contributed by atoms with Crippen LogP contribution in [0.5, 0.6) is 5.88 Å². The average Bonchev–Trinajstić information content (AvgIpc) is 2.81. The van der Waals surface area contributed by atoms with Crippen LogP contribution in [-0.2, 0) is 4.74 Å². The van der Waals surface area contributed by atoms with Crippen molar-refractivity contribution in [3.05, 3.63) is 53.9 Å². The van der Waals surface area contributed by atoms with Gasteiger partial charge in [0.15, 0.2) is 11.3 Å². The summed E-state index contributed by atoms with van der Waals surface area (Å²) in [6.07, 6.45) is 2.61. The van der Waals surface area contributed by atoms with Crippen LogP contribution in [0, 0.1) is 11.8 Å². The molecule has 7 heteroatoms. The number of fused-ring (bicyclic) bond motifs is 1. The number of nitrogens with zero attached hydrogens (tertiary/aromatic N) is 5. The van der Waals surface area contributed by atoms with Gasteiger partial charge in [-0.3, -0.25) is 4.90 Å². The molecule has 4 rings (SSSR count). The lowest BCUT2D eigenvalue weighted by molar-refractivity contribution is 0.0357. The van der Waals surface area contributed by atoms with Gasteiger partial charge in [-0.25, -0.2) is 15.0 Å². The Hall–Kier alpha value is -3.21. The lowest BCUT2D eigenvalue weighted by Gasteiger charge is -2.26. The van der Waals surface area contributed by atoms with Crippen molar-refractivity contribution >= 4 is 16.9 Å². The lowest BCUT2D eigenvalue weighted by Crippen LogP contribution is -2.37. The van der Waals surface area contributed by atoms with Gasteiger partial charge in [-0.15, -0.1) is 0 Å². The second kappa shape index (κ2) is 10.2. The van der Waals surface area contributed by atoms with Crippen LogP contribution in [0.3, 0.4) is 0 Å². The van der Waals surface area contributed by atoms with Crippen molar-refractivity contribution in [1.82, 2.24) is 19.9 Å². The molecule has 1 saturated heterocycles. The molecule has 0 radical (unpaired) electrons. The summed E-state index contributed by atoms with van der Waals surface area (Å²) in [5.74, 6) is 6.76. The van der Waals surface area contributed by atoms with E-state index >= 15 is 0 Å². The summed E-state index contributed by atoms with van der Waals surface area (Å²) >= 11 is 0. The average molecular weight is 418 g/mol. The van der Waals surface area contributed by atoms with Gasteiger partial charge in [-0.05, 0) is 48.7 Å². The Bertz CT molecular complexity index is 1070. The third-order valence-electron chi connectivity index (χ3n) is 5.08. The molecule has 0 bridgehead atoms. The summed E-state index contributed by atoms with van der Waals surface area (Å²) in [6, 6.07) is 11.8. The third kappa shape index (κ3) is 5.69. The summed E-state index contributed by atoms with van der Waals surface area (Å²) in [6.45, 7) is 5.10. The number of benzene rings is 1. The van der Waals surface area contributed by atoms with Crippen molar-refractivity contribution in [3.8, 4) is 17.7 Å². The minimum Gasteiger partial charge on any atom is -0.476 e. The minimum absolute atomic E-state index is 0.458. The van der Waals surface area contributed by atoms with Crippen molar-refractivity contribution in [3.63, 3.8) is 0 Å². The van der Waals surface area contributed by atoms with Crippen molar-refractivity contribution in [2.75, 3.05) is 58.5 Å². The number of hydrogen-bond donors (Lipinski definition) is 0. The second-order valence-electron chi connectivity index (χ2n) is 7.57. The zero-order valence-electron chi connectivity index (χ0n) is 18.0. The standard InChI is InChI=1S/C24H27N5O2/c1-28(2)20-9-6-19(7-10-20)8-11-22-24(27-21-5-3-12-25-23(21)26-22)31-16-4-13-29-14-17-30-18-15-29/h3,5-7,9-10,12H,4,13-18H2,1-2H3. The van der Waals surface area contributed by atoms with E-state index in [1.54, 1.807) is 6.20 Å². The zero-order chi connectivity index (χ0) is 21.5. The summed E-state index contributed by atoms with van der Waals surface area (Å²) in [5.41, 5.74) is 3.81. The summed E-state index contributed by atoms with van der Waals surface area (Å²) in [5, 5.41) is 0. The van der Waals surface area contributed by atoms with Crippen LogP contribution in [-0.4, -0.2) is 73.4 Å². The maximum Gasteiger partial charge on any atom is 0.249 e. The van der Waals surface area contributed by atoms with Gasteiger partial charge in [0.1, 0.15) is 5.52 Å². The van der Waals surface area contributed by atoms with E-state index in [1.807, 2.05) is 50.5 Å². The zero-order valence-corrected chi connectivity index (χ0v) is 18.0. The fourth-order valence-electron chi connectivity index (χ4n) is 3.32. The number of anilines is 1. The summed E-state index contributed by atoms with van der Waals surface area (Å²) in [4.78, 5) is 18.0. The minimum atomic E-state index is 0.458. The highest BCUT2D eigenvalue weighted by Gasteiger charge is 2.12. The van der Waals surface area contributed by atoms with Gasteiger partial charge in [-0.1, -0.05) is 5.92 Å². The largest absolute Gasteiger partial charge is 0.476 e. The highest BCUT2D eigenvalue weighted by atomic mass is 16.5. The van der Waals surface area contributed by atoms with Crippen molar-refractivity contribution in [2.45, 2.75) is 6.42 Å². The Balaban J connectivity index is 1.49. The number of aromatic nitrogens is 3. The smallest absolute Gasteiger partial charge is 0.249 e. The molecule has 3 heterocycles. The van der Waals surface area contributed by atoms with Crippen LogP contribution in [0.25, 0.3) is 11.2 Å². The van der Waals surface area contributed by atoms with Gasteiger partial charge in [0.25, 0.3) is 0 Å². The molecule has 0 amide bonds. The SMILES string of the molecule is CN(C)c1ccc(C#Cc2nc3ncccc3nc2OCCCN2CCOCC2)cc1. The Kier molecular flexibility index (Phi) is 6.92. The van der Waals surface area contributed by atoms with E-state index in [4.69, 9.17) is 9.47 Å². The first-order valence-electron chi connectivity index (χ1n) is 10.5. The maximum atomic E-state index is 6.01. The second-order valence-corrected chi connectivity index (χ2v) is 7.57. The molecular weight excluding hydrogens is 390 g/mol. The van der Waals surface area contributed by atoms with E-state index in [2.05, 4.69) is 36.6 Å². The van der Waals surface area contributed by atoms with E-state index in [1.165, 1.54) is 0 Å². The first-order chi connectivity index (χ1) is 15.2. The summed E-state index contributed by atoms with van der Waals surface area (Å²) in [7, 11) is 4.03. The van der Waals surface area contributed by atoms with Gasteiger partial charge >= 0.3 is 0 Å². The molecule has 0 N–H and O–H groups in total. The highest BCUT2D eigenvalue weighted by molar-refractivity contribution is 5.71. The van der Waals surface area contributed by atoms with Gasteiger partial charge in [0.05, 0.1) is 19.8 Å². The predicted molar refractivity (Wildman–Crippen MR) is 121 cm³/mol. The fraction of sp³-hybridized carbons (Fsp3) is 0.375. The van der Waals surface area contributed by atoms with Crippen LogP contribution in [0.1, 0.15) is 17.7 Å². The molecule has 0 saturated carbocycles. The molecule has 0 aliphatic carbocycles. The Morgan fingerprint density at radius 3 is 2.65 bits per heavy atom. The molecule has 1 fully saturated rings. The fourth-order valence-corrected chi connectivity index (χ4v) is 3.32. The molecule has 0 unspecified atom stereocenters. The van der Waals surface area contributed by atoms with Crippen LogP contribution in [0.4, 0.5) is 5.69 Å². The van der Waals surface area contributed by atoms with Gasteiger partial charge in [-0.2, -0.15) is 0 Å². The first-order valence-corrected chi connectivity index (χ1v) is 10.5. The predicted octanol–water partition coefficient (Wildman–Crippen LogP) is 2.59. The number of hydrogen-bond acceptors (Lipinski definition) is 7. The lowest BCUT2D eigenvalue weighted by atomic mass is 10.2. The summed E-state index contributed by atoms with van der Waals surface area (Å²) < 4.78 is 11.4. The van der Waals surface area contributed by atoms with Crippen LogP contribution >= 0.6 is 0 Å². The Morgan fingerprint density at radius 2 is 1.87 bits per heavy atom. The monoisotopic (exact) mass is 417 g/mol. The molecular formula is C24H27N5O2. The number of rotatable bonds is 6. The van der Waals surface area contributed by atoms with E-state index in [-0.39, 0.29) is 0 Å². The van der Waals surface area contributed by atoms with Gasteiger partial charge < -0.3 is 14.4 Å². The molecule has 1 aliphatic heterocycles. The number of ether oxygens (including phenoxy) is 2. The van der Waals surface area contributed by atoms with E-state index in [9.17, 15) is 0 Å². The molecule has 2 aromatic heterocycles. The maximum absolute atomic E-state index is 6.01.